The number of amides is 1. The molecule has 3 N–H and O–H groups in total. The van der Waals surface area contributed by atoms with Crippen LogP contribution in [-0.4, -0.2) is 45.8 Å². The second-order valence-corrected chi connectivity index (χ2v) is 6.76. The van der Waals surface area contributed by atoms with Gasteiger partial charge in [-0.2, -0.15) is 0 Å². The van der Waals surface area contributed by atoms with Crippen LogP contribution in [0.2, 0.25) is 0 Å². The summed E-state index contributed by atoms with van der Waals surface area (Å²) in [4.78, 5) is 24.8. The highest BCUT2D eigenvalue weighted by atomic mass is 16.6. The van der Waals surface area contributed by atoms with E-state index in [2.05, 4.69) is 0 Å². The maximum atomic E-state index is 12.3. The van der Waals surface area contributed by atoms with Gasteiger partial charge in [0.1, 0.15) is 5.60 Å². The summed E-state index contributed by atoms with van der Waals surface area (Å²) in [6.07, 6.45) is 1.95. The van der Waals surface area contributed by atoms with Crippen molar-refractivity contribution < 1.29 is 19.4 Å². The Morgan fingerprint density at radius 1 is 1.30 bits per heavy atom. The number of carbonyl (C=O) groups is 2. The average molecular weight is 286 g/mol. The van der Waals surface area contributed by atoms with E-state index in [-0.39, 0.29) is 12.5 Å². The summed E-state index contributed by atoms with van der Waals surface area (Å²) in [5.41, 5.74) is 4.63. The molecule has 1 heterocycles. The van der Waals surface area contributed by atoms with E-state index in [1.54, 1.807) is 11.8 Å². The molecule has 1 amide bonds. The van der Waals surface area contributed by atoms with Gasteiger partial charge in [0.15, 0.2) is 0 Å². The SMILES string of the molecule is CC(C)(C)OC(=O)N1CCCCC1C(C)(N)CC(=O)O. The fraction of sp³-hybridized carbons (Fsp3) is 0.857. The van der Waals surface area contributed by atoms with E-state index in [4.69, 9.17) is 15.6 Å². The van der Waals surface area contributed by atoms with Crippen molar-refractivity contribution in [1.82, 2.24) is 4.90 Å². The van der Waals surface area contributed by atoms with Gasteiger partial charge in [-0.1, -0.05) is 0 Å². The van der Waals surface area contributed by atoms with E-state index in [0.717, 1.165) is 12.8 Å². The molecule has 1 saturated heterocycles. The maximum Gasteiger partial charge on any atom is 0.410 e. The molecule has 1 aliphatic heterocycles. The third-order valence-corrected chi connectivity index (χ3v) is 3.42. The van der Waals surface area contributed by atoms with Crippen LogP contribution in [0.15, 0.2) is 0 Å². The van der Waals surface area contributed by atoms with Gasteiger partial charge in [0, 0.05) is 12.1 Å². The maximum absolute atomic E-state index is 12.3. The van der Waals surface area contributed by atoms with Gasteiger partial charge in [-0.05, 0) is 47.0 Å². The molecule has 2 unspecified atom stereocenters. The third-order valence-electron chi connectivity index (χ3n) is 3.42. The van der Waals surface area contributed by atoms with E-state index in [1.807, 2.05) is 20.8 Å². The number of piperidine rings is 1. The first-order valence-electron chi connectivity index (χ1n) is 7.03. The number of hydrogen-bond donors (Lipinski definition) is 2. The minimum absolute atomic E-state index is 0.170. The normalized spacial score (nSPS) is 23.1. The molecule has 1 rings (SSSR count). The van der Waals surface area contributed by atoms with Crippen molar-refractivity contribution in [3.63, 3.8) is 0 Å². The van der Waals surface area contributed by atoms with Crippen molar-refractivity contribution in [2.24, 2.45) is 5.73 Å². The van der Waals surface area contributed by atoms with Crippen LogP contribution in [0.3, 0.4) is 0 Å². The van der Waals surface area contributed by atoms with Crippen molar-refractivity contribution >= 4 is 12.1 Å². The van der Waals surface area contributed by atoms with Gasteiger partial charge in [-0.15, -0.1) is 0 Å². The van der Waals surface area contributed by atoms with E-state index in [1.165, 1.54) is 0 Å². The monoisotopic (exact) mass is 286 g/mol. The van der Waals surface area contributed by atoms with Gasteiger partial charge in [0.25, 0.3) is 0 Å². The van der Waals surface area contributed by atoms with E-state index < -0.39 is 23.2 Å². The Kier molecular flexibility index (Phi) is 5.02. The first kappa shape index (κ1) is 16.8. The van der Waals surface area contributed by atoms with Crippen LogP contribution >= 0.6 is 0 Å². The zero-order valence-electron chi connectivity index (χ0n) is 12.8. The van der Waals surface area contributed by atoms with Crippen LogP contribution in [0.5, 0.6) is 0 Å². The lowest BCUT2D eigenvalue weighted by Crippen LogP contribution is -2.61. The topological polar surface area (TPSA) is 92.9 Å². The summed E-state index contributed by atoms with van der Waals surface area (Å²) in [5.74, 6) is -0.954. The predicted octanol–water partition coefficient (Wildman–Crippen LogP) is 1.97. The lowest BCUT2D eigenvalue weighted by Gasteiger charge is -2.44. The smallest absolute Gasteiger partial charge is 0.410 e. The number of carboxylic acid groups (broad SMARTS) is 1. The minimum atomic E-state index is -0.955. The molecule has 116 valence electrons. The molecule has 0 radical (unpaired) electrons. The van der Waals surface area contributed by atoms with Crippen molar-refractivity contribution in [3.8, 4) is 0 Å². The Hall–Kier alpha value is -1.30. The molecule has 6 heteroatoms. The Morgan fingerprint density at radius 2 is 1.90 bits per heavy atom. The molecule has 20 heavy (non-hydrogen) atoms. The number of carbonyl (C=O) groups excluding carboxylic acids is 1. The molecular weight excluding hydrogens is 260 g/mol. The van der Waals surface area contributed by atoms with Crippen molar-refractivity contribution in [2.75, 3.05) is 6.54 Å². The van der Waals surface area contributed by atoms with Gasteiger partial charge in [-0.3, -0.25) is 4.79 Å². The lowest BCUT2D eigenvalue weighted by molar-refractivity contribution is -0.139. The summed E-state index contributed by atoms with van der Waals surface area (Å²) in [7, 11) is 0. The summed E-state index contributed by atoms with van der Waals surface area (Å²) < 4.78 is 5.39. The molecule has 1 fully saturated rings. The number of rotatable bonds is 3. The third kappa shape index (κ3) is 4.67. The molecule has 0 aromatic heterocycles. The summed E-state index contributed by atoms with van der Waals surface area (Å²) in [6.45, 7) is 7.68. The molecule has 0 saturated carbocycles. The fourth-order valence-corrected chi connectivity index (χ4v) is 2.60. The minimum Gasteiger partial charge on any atom is -0.481 e. The molecule has 1 aliphatic rings. The summed E-state index contributed by atoms with van der Waals surface area (Å²) in [6, 6.07) is -0.304. The van der Waals surface area contributed by atoms with Crippen molar-refractivity contribution in [2.45, 2.75) is 70.6 Å². The van der Waals surface area contributed by atoms with Gasteiger partial charge in [0.05, 0.1) is 12.5 Å². The zero-order chi connectivity index (χ0) is 15.6. The van der Waals surface area contributed by atoms with E-state index in [0.29, 0.717) is 13.0 Å². The Labute approximate surface area is 120 Å². The zero-order valence-corrected chi connectivity index (χ0v) is 12.8. The summed E-state index contributed by atoms with van der Waals surface area (Å²) in [5, 5.41) is 8.98. The van der Waals surface area contributed by atoms with Gasteiger partial charge in [-0.25, -0.2) is 4.79 Å². The highest BCUT2D eigenvalue weighted by molar-refractivity contribution is 5.71. The molecule has 6 nitrogen and oxygen atoms in total. The molecule has 2 atom stereocenters. The van der Waals surface area contributed by atoms with Gasteiger partial charge in [0.2, 0.25) is 0 Å². The second kappa shape index (κ2) is 5.99. The second-order valence-electron chi connectivity index (χ2n) is 6.76. The average Bonchev–Trinajstić information content (AvgIpc) is 2.25. The molecule has 0 spiro atoms. The number of likely N-dealkylation sites (tertiary alicyclic amines) is 1. The lowest BCUT2D eigenvalue weighted by atomic mass is 9.83. The largest absolute Gasteiger partial charge is 0.481 e. The van der Waals surface area contributed by atoms with Crippen LogP contribution in [0.25, 0.3) is 0 Å². The number of ether oxygens (including phenoxy) is 1. The first-order valence-corrected chi connectivity index (χ1v) is 7.03. The Bertz CT molecular complexity index is 374. The molecule has 0 aromatic carbocycles. The summed E-state index contributed by atoms with van der Waals surface area (Å²) >= 11 is 0. The highest BCUT2D eigenvalue weighted by Gasteiger charge is 2.41. The molecule has 0 bridgehead atoms. The van der Waals surface area contributed by atoms with Gasteiger partial charge >= 0.3 is 12.1 Å². The standard InChI is InChI=1S/C14H26N2O4/c1-13(2,3)20-12(19)16-8-6-5-7-10(16)14(4,15)9-11(17)18/h10H,5-9,15H2,1-4H3,(H,17,18). The number of hydrogen-bond acceptors (Lipinski definition) is 4. The fourth-order valence-electron chi connectivity index (χ4n) is 2.60. The Balaban J connectivity index is 2.86. The van der Waals surface area contributed by atoms with Crippen LogP contribution < -0.4 is 5.73 Å². The van der Waals surface area contributed by atoms with Crippen molar-refractivity contribution in [3.05, 3.63) is 0 Å². The molecular formula is C14H26N2O4. The van der Waals surface area contributed by atoms with E-state index >= 15 is 0 Å². The van der Waals surface area contributed by atoms with Crippen LogP contribution in [-0.2, 0) is 9.53 Å². The number of nitrogens with zero attached hydrogens (tertiary/aromatic N) is 1. The molecule has 0 aliphatic carbocycles. The highest BCUT2D eigenvalue weighted by Crippen LogP contribution is 2.28. The van der Waals surface area contributed by atoms with Crippen LogP contribution in [0, 0.1) is 0 Å². The predicted molar refractivity (Wildman–Crippen MR) is 75.4 cm³/mol. The molecule has 0 aromatic rings. The number of carboxylic acids is 1. The van der Waals surface area contributed by atoms with Crippen molar-refractivity contribution in [1.29, 1.82) is 0 Å². The Morgan fingerprint density at radius 3 is 2.40 bits per heavy atom. The van der Waals surface area contributed by atoms with Crippen LogP contribution in [0.1, 0.15) is 53.4 Å². The van der Waals surface area contributed by atoms with E-state index in [9.17, 15) is 9.59 Å². The van der Waals surface area contributed by atoms with Gasteiger partial charge < -0.3 is 20.5 Å². The number of nitrogens with two attached hydrogens (primary N) is 1. The first-order chi connectivity index (χ1) is 9.03. The van der Waals surface area contributed by atoms with Crippen LogP contribution in [0.4, 0.5) is 4.79 Å². The number of aliphatic carboxylic acids is 1. The quantitative estimate of drug-likeness (QED) is 0.827.